The molecule has 0 unspecified atom stereocenters. The van der Waals surface area contributed by atoms with Crippen LogP contribution in [0.5, 0.6) is 0 Å². The summed E-state index contributed by atoms with van der Waals surface area (Å²) in [7, 11) is 1.64. The van der Waals surface area contributed by atoms with Gasteiger partial charge in [-0.2, -0.15) is 0 Å². The molecule has 0 saturated carbocycles. The predicted octanol–water partition coefficient (Wildman–Crippen LogP) is 1.22. The summed E-state index contributed by atoms with van der Waals surface area (Å²) in [4.78, 5) is 29.2. The van der Waals surface area contributed by atoms with Crippen LogP contribution in [0.4, 0.5) is 0 Å². The monoisotopic (exact) mass is 263 g/mol. The summed E-state index contributed by atoms with van der Waals surface area (Å²) >= 11 is 1.23. The van der Waals surface area contributed by atoms with E-state index in [1.54, 1.807) is 20.0 Å². The van der Waals surface area contributed by atoms with Gasteiger partial charge < -0.3 is 9.88 Å². The summed E-state index contributed by atoms with van der Waals surface area (Å²) in [6, 6.07) is 0. The Kier molecular flexibility index (Phi) is 3.29. The zero-order valence-electron chi connectivity index (χ0n) is 10.2. The van der Waals surface area contributed by atoms with Gasteiger partial charge in [0.25, 0.3) is 11.5 Å². The molecule has 94 valence electrons. The number of amides is 1. The van der Waals surface area contributed by atoms with Gasteiger partial charge in [-0.05, 0) is 12.5 Å². The molecule has 0 fully saturated rings. The first kappa shape index (κ1) is 12.5. The molecule has 2 heterocycles. The number of carbonyl (C=O) groups excluding carboxylic acids is 1. The number of aromatic nitrogens is 2. The van der Waals surface area contributed by atoms with Crippen LogP contribution in [0.1, 0.15) is 15.2 Å². The minimum atomic E-state index is -0.197. The van der Waals surface area contributed by atoms with Gasteiger partial charge in [0.1, 0.15) is 4.83 Å². The maximum Gasteiger partial charge on any atom is 0.262 e. The van der Waals surface area contributed by atoms with Crippen molar-refractivity contribution >= 4 is 27.5 Å². The molecule has 0 spiro atoms. The molecule has 0 radical (unpaired) electrons. The molecule has 2 rings (SSSR count). The van der Waals surface area contributed by atoms with E-state index < -0.39 is 0 Å². The van der Waals surface area contributed by atoms with E-state index in [4.69, 9.17) is 0 Å². The van der Waals surface area contributed by atoms with Crippen LogP contribution in [0, 0.1) is 6.92 Å². The molecular formula is C12H13N3O2S. The van der Waals surface area contributed by atoms with E-state index in [-0.39, 0.29) is 11.5 Å². The SMILES string of the molecule is C=CCNC(=O)c1sc2ncn(C)c(=O)c2c1C. The highest BCUT2D eigenvalue weighted by Crippen LogP contribution is 2.26. The number of hydrogen-bond donors (Lipinski definition) is 1. The molecule has 0 atom stereocenters. The molecule has 0 saturated heterocycles. The van der Waals surface area contributed by atoms with Crippen LogP contribution < -0.4 is 10.9 Å². The second kappa shape index (κ2) is 4.73. The van der Waals surface area contributed by atoms with Gasteiger partial charge in [-0.1, -0.05) is 6.08 Å². The molecule has 18 heavy (non-hydrogen) atoms. The third kappa shape index (κ3) is 1.95. The maximum atomic E-state index is 12.0. The molecule has 0 aliphatic carbocycles. The highest BCUT2D eigenvalue weighted by molar-refractivity contribution is 7.20. The minimum absolute atomic E-state index is 0.128. The number of hydrogen-bond acceptors (Lipinski definition) is 4. The van der Waals surface area contributed by atoms with Gasteiger partial charge in [0.2, 0.25) is 0 Å². The number of thiophene rings is 1. The normalized spacial score (nSPS) is 10.6. The lowest BCUT2D eigenvalue weighted by Crippen LogP contribution is -2.23. The van der Waals surface area contributed by atoms with Gasteiger partial charge in [0.15, 0.2) is 0 Å². The smallest absolute Gasteiger partial charge is 0.262 e. The van der Waals surface area contributed by atoms with Crippen LogP contribution in [0.15, 0.2) is 23.8 Å². The van der Waals surface area contributed by atoms with Crippen LogP contribution in [-0.2, 0) is 7.05 Å². The quantitative estimate of drug-likeness (QED) is 0.847. The first-order valence-corrected chi connectivity index (χ1v) is 6.21. The van der Waals surface area contributed by atoms with E-state index in [0.29, 0.717) is 27.2 Å². The number of nitrogens with one attached hydrogen (secondary N) is 1. The van der Waals surface area contributed by atoms with E-state index in [9.17, 15) is 9.59 Å². The molecular weight excluding hydrogens is 250 g/mol. The zero-order chi connectivity index (χ0) is 13.3. The highest BCUT2D eigenvalue weighted by atomic mass is 32.1. The summed E-state index contributed by atoms with van der Waals surface area (Å²) in [5, 5.41) is 3.22. The largest absolute Gasteiger partial charge is 0.348 e. The fourth-order valence-corrected chi connectivity index (χ4v) is 2.73. The van der Waals surface area contributed by atoms with Gasteiger partial charge in [-0.15, -0.1) is 17.9 Å². The van der Waals surface area contributed by atoms with Gasteiger partial charge in [-0.3, -0.25) is 9.59 Å². The Hall–Kier alpha value is -1.95. The first-order chi connectivity index (χ1) is 8.56. The van der Waals surface area contributed by atoms with Crippen molar-refractivity contribution in [2.24, 2.45) is 7.05 Å². The van der Waals surface area contributed by atoms with E-state index in [1.165, 1.54) is 22.2 Å². The minimum Gasteiger partial charge on any atom is -0.348 e. The Morgan fingerprint density at radius 1 is 1.67 bits per heavy atom. The molecule has 2 aromatic heterocycles. The highest BCUT2D eigenvalue weighted by Gasteiger charge is 2.18. The topological polar surface area (TPSA) is 64.0 Å². The van der Waals surface area contributed by atoms with Crippen molar-refractivity contribution in [3.63, 3.8) is 0 Å². The first-order valence-electron chi connectivity index (χ1n) is 5.40. The van der Waals surface area contributed by atoms with Gasteiger partial charge in [0.05, 0.1) is 16.6 Å². The van der Waals surface area contributed by atoms with Gasteiger partial charge >= 0.3 is 0 Å². The summed E-state index contributed by atoms with van der Waals surface area (Å²) in [6.07, 6.45) is 3.07. The number of fused-ring (bicyclic) bond motifs is 1. The summed E-state index contributed by atoms with van der Waals surface area (Å²) in [6.45, 7) is 5.71. The van der Waals surface area contributed by atoms with Crippen molar-refractivity contribution in [1.82, 2.24) is 14.9 Å². The second-order valence-electron chi connectivity index (χ2n) is 3.90. The Bertz CT molecular complexity index is 684. The van der Waals surface area contributed by atoms with Gasteiger partial charge in [0, 0.05) is 13.6 Å². The fourth-order valence-electron chi connectivity index (χ4n) is 1.67. The third-order valence-corrected chi connectivity index (χ3v) is 3.82. The third-order valence-electron chi connectivity index (χ3n) is 2.62. The number of rotatable bonds is 3. The molecule has 0 bridgehead atoms. The molecule has 1 amide bonds. The molecule has 0 aliphatic heterocycles. The van der Waals surface area contributed by atoms with Crippen molar-refractivity contribution < 1.29 is 4.79 Å². The average Bonchev–Trinajstić information content (AvgIpc) is 2.69. The number of aryl methyl sites for hydroxylation is 2. The summed E-state index contributed by atoms with van der Waals surface area (Å²) in [5.41, 5.74) is 0.557. The van der Waals surface area contributed by atoms with Crippen molar-refractivity contribution in [1.29, 1.82) is 0 Å². The van der Waals surface area contributed by atoms with Crippen molar-refractivity contribution in [2.45, 2.75) is 6.92 Å². The molecule has 1 N–H and O–H groups in total. The predicted molar refractivity (Wildman–Crippen MR) is 72.1 cm³/mol. The van der Waals surface area contributed by atoms with E-state index in [2.05, 4.69) is 16.9 Å². The lowest BCUT2D eigenvalue weighted by atomic mass is 10.2. The number of carbonyl (C=O) groups is 1. The Balaban J connectivity index is 2.58. The van der Waals surface area contributed by atoms with Crippen LogP contribution in [0.3, 0.4) is 0 Å². The molecule has 6 heteroatoms. The van der Waals surface area contributed by atoms with Gasteiger partial charge in [-0.25, -0.2) is 4.98 Å². The van der Waals surface area contributed by atoms with Crippen LogP contribution in [0.25, 0.3) is 10.2 Å². The standard InChI is InChI=1S/C12H13N3O2S/c1-4-5-13-10(16)9-7(2)8-11(18-9)14-6-15(3)12(8)17/h4,6H,1,5H2,2-3H3,(H,13,16). The molecule has 5 nitrogen and oxygen atoms in total. The lowest BCUT2D eigenvalue weighted by molar-refractivity contribution is 0.0961. The van der Waals surface area contributed by atoms with Crippen molar-refractivity contribution in [3.05, 3.63) is 39.8 Å². The van der Waals surface area contributed by atoms with Crippen molar-refractivity contribution in [2.75, 3.05) is 6.54 Å². The van der Waals surface area contributed by atoms with E-state index >= 15 is 0 Å². The summed E-state index contributed by atoms with van der Waals surface area (Å²) in [5.74, 6) is -0.197. The Labute approximate surface area is 108 Å². The molecule has 0 aromatic carbocycles. The zero-order valence-corrected chi connectivity index (χ0v) is 11.0. The Morgan fingerprint density at radius 2 is 2.39 bits per heavy atom. The molecule has 2 aromatic rings. The van der Waals surface area contributed by atoms with E-state index in [1.807, 2.05) is 0 Å². The van der Waals surface area contributed by atoms with Crippen molar-refractivity contribution in [3.8, 4) is 0 Å². The van der Waals surface area contributed by atoms with Crippen LogP contribution >= 0.6 is 11.3 Å². The number of nitrogens with zero attached hydrogens (tertiary/aromatic N) is 2. The summed E-state index contributed by atoms with van der Waals surface area (Å²) < 4.78 is 1.41. The average molecular weight is 263 g/mol. The Morgan fingerprint density at radius 3 is 3.06 bits per heavy atom. The van der Waals surface area contributed by atoms with Crippen LogP contribution in [0.2, 0.25) is 0 Å². The van der Waals surface area contributed by atoms with Crippen LogP contribution in [-0.4, -0.2) is 22.0 Å². The fraction of sp³-hybridized carbons (Fsp3) is 0.250. The van der Waals surface area contributed by atoms with E-state index in [0.717, 1.165) is 0 Å². The second-order valence-corrected chi connectivity index (χ2v) is 4.89. The maximum absolute atomic E-state index is 12.0. The molecule has 0 aliphatic rings. The lowest BCUT2D eigenvalue weighted by Gasteiger charge is -2.00.